The maximum Gasteiger partial charge on any atom is 0.276 e. The first-order valence-electron chi connectivity index (χ1n) is 8.39. The second-order valence-electron chi connectivity index (χ2n) is 5.89. The molecule has 0 atom stereocenters. The molecule has 0 bridgehead atoms. The molecule has 0 saturated carbocycles. The number of anilines is 1. The minimum absolute atomic E-state index is 0.0143. The van der Waals surface area contributed by atoms with Crippen LogP contribution in [0.3, 0.4) is 0 Å². The van der Waals surface area contributed by atoms with Crippen LogP contribution in [0.15, 0.2) is 88.8 Å². The number of aromatic nitrogens is 2. The summed E-state index contributed by atoms with van der Waals surface area (Å²) in [5.41, 5.74) is 5.36. The summed E-state index contributed by atoms with van der Waals surface area (Å²) in [4.78, 5) is 20.0. The molecule has 1 aromatic heterocycles. The minimum atomic E-state index is -0.384. The smallest absolute Gasteiger partial charge is 0.276 e. The predicted molar refractivity (Wildman–Crippen MR) is 106 cm³/mol. The van der Waals surface area contributed by atoms with Crippen molar-refractivity contribution in [3.8, 4) is 5.75 Å². The number of hydrogen-bond acceptors (Lipinski definition) is 5. The SMILES string of the molecule is O=c1[nH]c2ccccc2nc1/C(=N\Nc1ccccc1)c1ccccc1O. The lowest BCUT2D eigenvalue weighted by molar-refractivity contribution is 0.474. The number of para-hydroxylation sites is 4. The standard InChI is InChI=1S/C21H16N4O2/c26-18-13-7-4-10-15(18)19(25-24-14-8-2-1-3-9-14)20-21(27)23-17-12-6-5-11-16(17)22-20/h1-13,24,26H,(H,23,27)/b25-19-. The van der Waals surface area contributed by atoms with Crippen molar-refractivity contribution in [2.75, 3.05) is 5.43 Å². The number of hydrogen-bond donors (Lipinski definition) is 3. The Bertz CT molecular complexity index is 1180. The molecule has 4 aromatic rings. The van der Waals surface area contributed by atoms with Gasteiger partial charge in [0.2, 0.25) is 0 Å². The van der Waals surface area contributed by atoms with Gasteiger partial charge in [0.15, 0.2) is 5.69 Å². The molecule has 4 rings (SSSR count). The van der Waals surface area contributed by atoms with Crippen LogP contribution in [0, 0.1) is 0 Å². The third-order valence-corrected chi connectivity index (χ3v) is 4.05. The van der Waals surface area contributed by atoms with Gasteiger partial charge in [-0.25, -0.2) is 4.98 Å². The fourth-order valence-electron chi connectivity index (χ4n) is 2.74. The topological polar surface area (TPSA) is 90.4 Å². The number of phenols is 1. The summed E-state index contributed by atoms with van der Waals surface area (Å²) in [5.74, 6) is 0.0143. The molecule has 1 heterocycles. The van der Waals surface area contributed by atoms with E-state index in [2.05, 4.69) is 20.5 Å². The predicted octanol–water partition coefficient (Wildman–Crippen LogP) is 3.49. The van der Waals surface area contributed by atoms with Crippen molar-refractivity contribution < 1.29 is 5.11 Å². The average molecular weight is 356 g/mol. The molecule has 0 aliphatic rings. The van der Waals surface area contributed by atoms with Crippen LogP contribution < -0.4 is 11.0 Å². The van der Waals surface area contributed by atoms with E-state index >= 15 is 0 Å². The summed E-state index contributed by atoms with van der Waals surface area (Å²) >= 11 is 0. The number of nitrogens with one attached hydrogen (secondary N) is 2. The number of fused-ring (bicyclic) bond motifs is 1. The van der Waals surface area contributed by atoms with Gasteiger partial charge in [0.05, 0.1) is 16.7 Å². The zero-order valence-corrected chi connectivity index (χ0v) is 14.3. The lowest BCUT2D eigenvalue weighted by Crippen LogP contribution is -2.22. The van der Waals surface area contributed by atoms with Crippen LogP contribution >= 0.6 is 0 Å². The van der Waals surface area contributed by atoms with Crippen molar-refractivity contribution in [2.24, 2.45) is 5.10 Å². The quantitative estimate of drug-likeness (QED) is 0.386. The van der Waals surface area contributed by atoms with Crippen LogP contribution in [0.1, 0.15) is 11.3 Å². The summed E-state index contributed by atoms with van der Waals surface area (Å²) in [6.45, 7) is 0. The highest BCUT2D eigenvalue weighted by Gasteiger charge is 2.17. The number of phenolic OH excluding ortho intramolecular Hbond substituents is 1. The molecule has 0 spiro atoms. The van der Waals surface area contributed by atoms with Gasteiger partial charge in [-0.2, -0.15) is 5.10 Å². The van der Waals surface area contributed by atoms with E-state index < -0.39 is 0 Å². The first-order chi connectivity index (χ1) is 13.2. The average Bonchev–Trinajstić information content (AvgIpc) is 2.70. The van der Waals surface area contributed by atoms with Gasteiger partial charge < -0.3 is 10.1 Å². The van der Waals surface area contributed by atoms with Crippen LogP contribution in [-0.4, -0.2) is 20.8 Å². The molecule has 0 amide bonds. The zero-order valence-electron chi connectivity index (χ0n) is 14.3. The number of aromatic amines is 1. The lowest BCUT2D eigenvalue weighted by Gasteiger charge is -2.09. The Labute approximate surface area is 154 Å². The highest BCUT2D eigenvalue weighted by molar-refractivity contribution is 6.13. The van der Waals surface area contributed by atoms with E-state index in [0.717, 1.165) is 5.69 Å². The van der Waals surface area contributed by atoms with Crippen LogP contribution in [-0.2, 0) is 0 Å². The fraction of sp³-hybridized carbons (Fsp3) is 0. The number of nitrogens with zero attached hydrogens (tertiary/aromatic N) is 2. The molecule has 0 saturated heterocycles. The van der Waals surface area contributed by atoms with E-state index in [1.165, 1.54) is 0 Å². The zero-order chi connectivity index (χ0) is 18.6. The third-order valence-electron chi connectivity index (χ3n) is 4.05. The lowest BCUT2D eigenvalue weighted by atomic mass is 10.1. The van der Waals surface area contributed by atoms with Crippen molar-refractivity contribution in [1.29, 1.82) is 0 Å². The van der Waals surface area contributed by atoms with Crippen molar-refractivity contribution in [2.45, 2.75) is 0 Å². The molecular weight excluding hydrogens is 340 g/mol. The Morgan fingerprint density at radius 3 is 2.44 bits per heavy atom. The van der Waals surface area contributed by atoms with E-state index in [9.17, 15) is 9.90 Å². The molecule has 0 fully saturated rings. The number of H-pyrrole nitrogens is 1. The molecule has 132 valence electrons. The normalized spacial score (nSPS) is 11.5. The summed E-state index contributed by atoms with van der Waals surface area (Å²) in [6.07, 6.45) is 0. The molecule has 3 N–H and O–H groups in total. The Morgan fingerprint density at radius 2 is 1.63 bits per heavy atom. The summed E-state index contributed by atoms with van der Waals surface area (Å²) in [7, 11) is 0. The maximum absolute atomic E-state index is 12.7. The summed E-state index contributed by atoms with van der Waals surface area (Å²) < 4.78 is 0. The number of benzene rings is 3. The van der Waals surface area contributed by atoms with Gasteiger partial charge in [-0.15, -0.1) is 0 Å². The number of hydrazone groups is 1. The molecule has 0 radical (unpaired) electrons. The van der Waals surface area contributed by atoms with Crippen LogP contribution in [0.2, 0.25) is 0 Å². The molecule has 0 unspecified atom stereocenters. The second kappa shape index (κ2) is 7.13. The summed E-state index contributed by atoms with van der Waals surface area (Å²) in [5, 5.41) is 14.7. The van der Waals surface area contributed by atoms with Gasteiger partial charge in [0, 0.05) is 5.56 Å². The minimum Gasteiger partial charge on any atom is -0.507 e. The van der Waals surface area contributed by atoms with Gasteiger partial charge in [-0.05, 0) is 36.4 Å². The third kappa shape index (κ3) is 3.41. The van der Waals surface area contributed by atoms with Crippen molar-refractivity contribution in [3.63, 3.8) is 0 Å². The molecule has 6 heteroatoms. The van der Waals surface area contributed by atoms with E-state index in [1.807, 2.05) is 48.5 Å². The van der Waals surface area contributed by atoms with Crippen molar-refractivity contribution in [1.82, 2.24) is 9.97 Å². The van der Waals surface area contributed by atoms with E-state index in [-0.39, 0.29) is 22.7 Å². The van der Waals surface area contributed by atoms with Gasteiger partial charge in [-0.3, -0.25) is 10.2 Å². The van der Waals surface area contributed by atoms with Gasteiger partial charge >= 0.3 is 0 Å². The second-order valence-corrected chi connectivity index (χ2v) is 5.89. The van der Waals surface area contributed by atoms with Crippen molar-refractivity contribution in [3.05, 3.63) is 100 Å². The highest BCUT2D eigenvalue weighted by atomic mass is 16.3. The van der Waals surface area contributed by atoms with Gasteiger partial charge in [0.25, 0.3) is 5.56 Å². The first kappa shape index (κ1) is 16.5. The van der Waals surface area contributed by atoms with E-state index in [0.29, 0.717) is 16.6 Å². The first-order valence-corrected chi connectivity index (χ1v) is 8.39. The molecule has 27 heavy (non-hydrogen) atoms. The summed E-state index contributed by atoms with van der Waals surface area (Å²) in [6, 6.07) is 23.3. The van der Waals surface area contributed by atoms with Crippen LogP contribution in [0.25, 0.3) is 11.0 Å². The van der Waals surface area contributed by atoms with Gasteiger partial charge in [0.1, 0.15) is 11.5 Å². The van der Waals surface area contributed by atoms with Crippen LogP contribution in [0.5, 0.6) is 5.75 Å². The maximum atomic E-state index is 12.7. The Balaban J connectivity index is 1.89. The largest absolute Gasteiger partial charge is 0.507 e. The van der Waals surface area contributed by atoms with E-state index in [4.69, 9.17) is 0 Å². The molecule has 6 nitrogen and oxygen atoms in total. The number of aromatic hydroxyl groups is 1. The molecule has 3 aromatic carbocycles. The molecule has 0 aliphatic heterocycles. The Hall–Kier alpha value is -3.93. The Morgan fingerprint density at radius 1 is 0.926 bits per heavy atom. The highest BCUT2D eigenvalue weighted by Crippen LogP contribution is 2.20. The fourth-order valence-corrected chi connectivity index (χ4v) is 2.74. The molecule has 0 aliphatic carbocycles. The monoisotopic (exact) mass is 356 g/mol. The van der Waals surface area contributed by atoms with Crippen LogP contribution in [0.4, 0.5) is 5.69 Å². The van der Waals surface area contributed by atoms with E-state index in [1.54, 1.807) is 30.3 Å². The van der Waals surface area contributed by atoms with Crippen molar-refractivity contribution >= 4 is 22.4 Å². The molecular formula is C21H16N4O2. The Kier molecular flexibility index (Phi) is 4.37. The van der Waals surface area contributed by atoms with Gasteiger partial charge in [-0.1, -0.05) is 42.5 Å². The number of rotatable bonds is 4.